The van der Waals surface area contributed by atoms with Crippen LogP contribution in [0.1, 0.15) is 45.8 Å². The van der Waals surface area contributed by atoms with Crippen LogP contribution in [-0.4, -0.2) is 13.2 Å². The summed E-state index contributed by atoms with van der Waals surface area (Å²) in [5, 5.41) is 0. The molecule has 0 aromatic heterocycles. The van der Waals surface area contributed by atoms with Gasteiger partial charge in [-0.15, -0.1) is 0 Å². The molecule has 0 amide bonds. The fourth-order valence-electron chi connectivity index (χ4n) is 4.04. The van der Waals surface area contributed by atoms with E-state index in [1.54, 1.807) is 0 Å². The number of para-hydroxylation sites is 1. The van der Waals surface area contributed by atoms with Crippen LogP contribution < -0.4 is 4.74 Å². The molecule has 2 nitrogen and oxygen atoms in total. The van der Waals surface area contributed by atoms with E-state index in [2.05, 4.69) is 45.9 Å². The molecule has 0 radical (unpaired) electrons. The van der Waals surface area contributed by atoms with Gasteiger partial charge in [-0.05, 0) is 29.7 Å². The predicted molar refractivity (Wildman–Crippen MR) is 80.8 cm³/mol. The highest BCUT2D eigenvalue weighted by Crippen LogP contribution is 2.52. The number of hydrogen-bond donors (Lipinski definition) is 0. The molecule has 0 aliphatic carbocycles. The maximum absolute atomic E-state index is 6.37. The number of rotatable bonds is 2. The summed E-state index contributed by atoms with van der Waals surface area (Å²) in [4.78, 5) is 0. The van der Waals surface area contributed by atoms with E-state index in [1.165, 1.54) is 12.0 Å². The number of ether oxygens (including phenoxy) is 2. The van der Waals surface area contributed by atoms with E-state index in [-0.39, 0.29) is 11.5 Å². The van der Waals surface area contributed by atoms with Crippen molar-refractivity contribution < 1.29 is 9.47 Å². The van der Waals surface area contributed by atoms with Crippen LogP contribution in [0.15, 0.2) is 24.3 Å². The van der Waals surface area contributed by atoms with E-state index < -0.39 is 0 Å². The average molecular weight is 274 g/mol. The lowest BCUT2D eigenvalue weighted by atomic mass is 9.62. The summed E-state index contributed by atoms with van der Waals surface area (Å²) in [5.41, 5.74) is 1.53. The zero-order chi connectivity index (χ0) is 14.3. The number of benzene rings is 1. The van der Waals surface area contributed by atoms with Crippen molar-refractivity contribution in [1.29, 1.82) is 0 Å². The molecule has 0 saturated carbocycles. The first-order chi connectivity index (χ1) is 9.54. The van der Waals surface area contributed by atoms with Crippen molar-refractivity contribution in [3.05, 3.63) is 29.8 Å². The van der Waals surface area contributed by atoms with E-state index in [0.717, 1.165) is 19.0 Å². The van der Waals surface area contributed by atoms with Gasteiger partial charge in [-0.25, -0.2) is 0 Å². The Bertz CT molecular complexity index is 470. The van der Waals surface area contributed by atoms with E-state index in [4.69, 9.17) is 9.47 Å². The van der Waals surface area contributed by atoms with Crippen molar-refractivity contribution in [3.8, 4) is 5.75 Å². The van der Waals surface area contributed by atoms with Gasteiger partial charge in [0, 0.05) is 11.5 Å². The Morgan fingerprint density at radius 2 is 1.80 bits per heavy atom. The van der Waals surface area contributed by atoms with Crippen LogP contribution >= 0.6 is 0 Å². The Kier molecular flexibility index (Phi) is 3.53. The molecule has 0 spiro atoms. The highest BCUT2D eigenvalue weighted by Gasteiger charge is 2.47. The molecular formula is C18H26O2. The Labute approximate surface area is 122 Å². The average Bonchev–Trinajstić information content (AvgIpc) is 2.46. The molecule has 1 fully saturated rings. The quantitative estimate of drug-likeness (QED) is 0.793. The Morgan fingerprint density at radius 3 is 2.50 bits per heavy atom. The van der Waals surface area contributed by atoms with Gasteiger partial charge in [0.2, 0.25) is 0 Å². The molecule has 2 heterocycles. The van der Waals surface area contributed by atoms with Crippen LogP contribution in [0.5, 0.6) is 5.75 Å². The van der Waals surface area contributed by atoms with Gasteiger partial charge >= 0.3 is 0 Å². The van der Waals surface area contributed by atoms with Crippen LogP contribution in [0.4, 0.5) is 0 Å². The van der Waals surface area contributed by atoms with Crippen LogP contribution in [-0.2, 0) is 4.74 Å². The van der Waals surface area contributed by atoms with Crippen molar-refractivity contribution >= 4 is 0 Å². The molecule has 0 bridgehead atoms. The maximum Gasteiger partial charge on any atom is 0.125 e. The number of fused-ring (bicyclic) bond motifs is 3. The van der Waals surface area contributed by atoms with Gasteiger partial charge in [-0.1, -0.05) is 45.9 Å². The van der Waals surface area contributed by atoms with Crippen molar-refractivity contribution in [2.75, 3.05) is 13.2 Å². The molecule has 2 atom stereocenters. The molecule has 0 N–H and O–H groups in total. The fourth-order valence-corrected chi connectivity index (χ4v) is 4.04. The Balaban J connectivity index is 1.88. The van der Waals surface area contributed by atoms with Gasteiger partial charge in [0.05, 0.1) is 19.3 Å². The second kappa shape index (κ2) is 5.07. The first-order valence-corrected chi connectivity index (χ1v) is 7.88. The van der Waals surface area contributed by atoms with Gasteiger partial charge < -0.3 is 9.47 Å². The van der Waals surface area contributed by atoms with Gasteiger partial charge in [0.1, 0.15) is 5.75 Å². The van der Waals surface area contributed by atoms with Crippen molar-refractivity contribution in [3.63, 3.8) is 0 Å². The second-order valence-electron chi connectivity index (χ2n) is 7.09. The lowest BCUT2D eigenvalue weighted by molar-refractivity contribution is -0.151. The third kappa shape index (κ3) is 2.05. The summed E-state index contributed by atoms with van der Waals surface area (Å²) >= 11 is 0. The lowest BCUT2D eigenvalue weighted by Gasteiger charge is -2.51. The monoisotopic (exact) mass is 274 g/mol. The van der Waals surface area contributed by atoms with E-state index in [0.29, 0.717) is 17.8 Å². The summed E-state index contributed by atoms with van der Waals surface area (Å²) in [5.74, 6) is 2.78. The van der Waals surface area contributed by atoms with Crippen LogP contribution in [0.25, 0.3) is 0 Å². The zero-order valence-corrected chi connectivity index (χ0v) is 13.1. The molecule has 20 heavy (non-hydrogen) atoms. The summed E-state index contributed by atoms with van der Waals surface area (Å²) in [7, 11) is 0. The van der Waals surface area contributed by atoms with Gasteiger partial charge in [0.15, 0.2) is 0 Å². The minimum Gasteiger partial charge on any atom is -0.493 e. The largest absolute Gasteiger partial charge is 0.493 e. The third-order valence-corrected chi connectivity index (χ3v) is 5.58. The molecule has 1 saturated heterocycles. The standard InChI is InChI=1S/C18H26O2/c1-12(2)18(13(3)4)9-14-10-19-16-8-6-5-7-15(16)17(14)20-11-18/h5-8,12-14,17H,9-11H2,1-4H3/t14-,17-/m0/s1. The van der Waals surface area contributed by atoms with Gasteiger partial charge in [-0.3, -0.25) is 0 Å². The zero-order valence-electron chi connectivity index (χ0n) is 13.1. The molecule has 1 aromatic rings. The predicted octanol–water partition coefficient (Wildman–Crippen LogP) is 4.46. The molecule has 2 heteroatoms. The van der Waals surface area contributed by atoms with Crippen LogP contribution in [0.3, 0.4) is 0 Å². The highest BCUT2D eigenvalue weighted by molar-refractivity contribution is 5.37. The van der Waals surface area contributed by atoms with Crippen LogP contribution in [0.2, 0.25) is 0 Å². The summed E-state index contributed by atoms with van der Waals surface area (Å²) in [6.07, 6.45) is 1.44. The smallest absolute Gasteiger partial charge is 0.125 e. The molecule has 110 valence electrons. The normalized spacial score (nSPS) is 27.9. The molecular weight excluding hydrogens is 248 g/mol. The molecule has 2 aliphatic rings. The molecule has 1 aromatic carbocycles. The van der Waals surface area contributed by atoms with E-state index >= 15 is 0 Å². The summed E-state index contributed by atoms with van der Waals surface area (Å²) < 4.78 is 12.3. The second-order valence-corrected chi connectivity index (χ2v) is 7.09. The minimum absolute atomic E-state index is 0.227. The van der Waals surface area contributed by atoms with Gasteiger partial charge in [0.25, 0.3) is 0 Å². The molecule has 0 unspecified atom stereocenters. The maximum atomic E-state index is 6.37. The fraction of sp³-hybridized carbons (Fsp3) is 0.667. The summed E-state index contributed by atoms with van der Waals surface area (Å²) in [6.45, 7) is 11.0. The Hall–Kier alpha value is -1.02. The SMILES string of the molecule is CC(C)C1(C(C)C)CO[C@@H]2c3ccccc3OC[C@@H]2C1. The van der Waals surface area contributed by atoms with Crippen molar-refractivity contribution in [1.82, 2.24) is 0 Å². The van der Waals surface area contributed by atoms with Crippen molar-refractivity contribution in [2.45, 2.75) is 40.2 Å². The molecule has 3 rings (SSSR count). The highest BCUT2D eigenvalue weighted by atomic mass is 16.5. The first kappa shape index (κ1) is 13.9. The van der Waals surface area contributed by atoms with Gasteiger partial charge in [-0.2, -0.15) is 0 Å². The number of hydrogen-bond acceptors (Lipinski definition) is 2. The lowest BCUT2D eigenvalue weighted by Crippen LogP contribution is -2.47. The van der Waals surface area contributed by atoms with E-state index in [9.17, 15) is 0 Å². The van der Waals surface area contributed by atoms with E-state index in [1.807, 2.05) is 6.07 Å². The molecule has 2 aliphatic heterocycles. The first-order valence-electron chi connectivity index (χ1n) is 7.88. The summed E-state index contributed by atoms with van der Waals surface area (Å²) in [6, 6.07) is 8.33. The van der Waals surface area contributed by atoms with Crippen LogP contribution in [0, 0.1) is 23.2 Å². The Morgan fingerprint density at radius 1 is 1.10 bits per heavy atom. The minimum atomic E-state index is 0.227. The third-order valence-electron chi connectivity index (χ3n) is 5.58. The van der Waals surface area contributed by atoms with Crippen molar-refractivity contribution in [2.24, 2.45) is 23.2 Å². The topological polar surface area (TPSA) is 18.5 Å².